The SMILES string of the molecule is CCNC(=NCC(O)c1ccc(Cl)s1)NCCN1CCCCC1.I. The lowest BCUT2D eigenvalue weighted by Gasteiger charge is -2.26. The van der Waals surface area contributed by atoms with Crippen molar-refractivity contribution in [2.75, 3.05) is 39.3 Å². The van der Waals surface area contributed by atoms with E-state index in [1.807, 2.05) is 13.0 Å². The second-order valence-electron chi connectivity index (χ2n) is 5.71. The van der Waals surface area contributed by atoms with Crippen LogP contribution in [-0.4, -0.2) is 55.2 Å². The maximum absolute atomic E-state index is 10.2. The molecule has 1 unspecified atom stereocenters. The van der Waals surface area contributed by atoms with Crippen LogP contribution in [0.1, 0.15) is 37.2 Å². The normalized spacial score (nSPS) is 17.2. The number of likely N-dealkylation sites (tertiary alicyclic amines) is 1. The molecule has 0 aromatic carbocycles. The molecule has 1 aliphatic rings. The third kappa shape index (κ3) is 7.86. The largest absolute Gasteiger partial charge is 0.386 e. The molecular formula is C16H28ClIN4OS. The number of guanidine groups is 1. The molecule has 0 amide bonds. The Morgan fingerprint density at radius 2 is 2.08 bits per heavy atom. The van der Waals surface area contributed by atoms with Gasteiger partial charge >= 0.3 is 0 Å². The van der Waals surface area contributed by atoms with Gasteiger partial charge in [0.15, 0.2) is 5.96 Å². The number of nitrogens with one attached hydrogen (secondary N) is 2. The third-order valence-electron chi connectivity index (χ3n) is 3.86. The van der Waals surface area contributed by atoms with Crippen molar-refractivity contribution in [1.29, 1.82) is 0 Å². The summed E-state index contributed by atoms with van der Waals surface area (Å²) in [6, 6.07) is 3.65. The van der Waals surface area contributed by atoms with Gasteiger partial charge in [-0.15, -0.1) is 35.3 Å². The lowest BCUT2D eigenvalue weighted by atomic mass is 10.1. The van der Waals surface area contributed by atoms with Crippen LogP contribution in [0.4, 0.5) is 0 Å². The molecule has 2 heterocycles. The van der Waals surface area contributed by atoms with E-state index in [0.29, 0.717) is 10.9 Å². The number of aliphatic hydroxyl groups is 1. The van der Waals surface area contributed by atoms with E-state index in [9.17, 15) is 5.11 Å². The summed E-state index contributed by atoms with van der Waals surface area (Å²) in [5.41, 5.74) is 0. The van der Waals surface area contributed by atoms with E-state index in [2.05, 4.69) is 20.5 Å². The van der Waals surface area contributed by atoms with Crippen molar-refractivity contribution < 1.29 is 5.11 Å². The summed E-state index contributed by atoms with van der Waals surface area (Å²) < 4.78 is 0.689. The van der Waals surface area contributed by atoms with Crippen molar-refractivity contribution in [3.05, 3.63) is 21.3 Å². The number of aliphatic hydroxyl groups excluding tert-OH is 1. The van der Waals surface area contributed by atoms with Crippen LogP contribution >= 0.6 is 46.9 Å². The molecule has 1 aromatic rings. The Morgan fingerprint density at radius 3 is 2.71 bits per heavy atom. The number of piperidine rings is 1. The number of rotatable bonds is 7. The highest BCUT2D eigenvalue weighted by atomic mass is 127. The molecule has 8 heteroatoms. The minimum Gasteiger partial charge on any atom is -0.386 e. The van der Waals surface area contributed by atoms with Crippen LogP contribution in [0, 0.1) is 0 Å². The second kappa shape index (κ2) is 12.3. The van der Waals surface area contributed by atoms with Gasteiger partial charge < -0.3 is 20.6 Å². The van der Waals surface area contributed by atoms with Crippen LogP contribution in [0.5, 0.6) is 0 Å². The predicted molar refractivity (Wildman–Crippen MR) is 114 cm³/mol. The van der Waals surface area contributed by atoms with Gasteiger partial charge in [0.05, 0.1) is 10.9 Å². The Labute approximate surface area is 170 Å². The van der Waals surface area contributed by atoms with E-state index in [0.717, 1.165) is 30.5 Å². The van der Waals surface area contributed by atoms with Gasteiger partial charge in [-0.1, -0.05) is 18.0 Å². The second-order valence-corrected chi connectivity index (χ2v) is 7.45. The zero-order chi connectivity index (χ0) is 16.5. The van der Waals surface area contributed by atoms with E-state index in [-0.39, 0.29) is 24.0 Å². The molecule has 24 heavy (non-hydrogen) atoms. The van der Waals surface area contributed by atoms with E-state index in [4.69, 9.17) is 11.6 Å². The molecule has 0 spiro atoms. The Hall–Kier alpha value is -0.0900. The highest BCUT2D eigenvalue weighted by Crippen LogP contribution is 2.26. The third-order valence-corrected chi connectivity index (χ3v) is 5.19. The maximum Gasteiger partial charge on any atom is 0.191 e. The fraction of sp³-hybridized carbons (Fsp3) is 0.688. The molecule has 1 saturated heterocycles. The molecule has 1 aromatic heterocycles. The smallest absolute Gasteiger partial charge is 0.191 e. The molecule has 0 bridgehead atoms. The van der Waals surface area contributed by atoms with E-state index < -0.39 is 6.10 Å². The molecule has 2 rings (SSSR count). The number of halogens is 2. The average molecular weight is 487 g/mol. The van der Waals surface area contributed by atoms with Gasteiger partial charge in [0.1, 0.15) is 6.10 Å². The highest BCUT2D eigenvalue weighted by molar-refractivity contribution is 14.0. The zero-order valence-corrected chi connectivity index (χ0v) is 18.0. The Morgan fingerprint density at radius 1 is 1.33 bits per heavy atom. The molecule has 0 aliphatic carbocycles. The summed E-state index contributed by atoms with van der Waals surface area (Å²) >= 11 is 7.30. The first-order chi connectivity index (χ1) is 11.2. The van der Waals surface area contributed by atoms with E-state index >= 15 is 0 Å². The molecule has 1 atom stereocenters. The minimum atomic E-state index is -0.606. The van der Waals surface area contributed by atoms with Gasteiger partial charge in [0.2, 0.25) is 0 Å². The first kappa shape index (κ1) is 22.0. The first-order valence-corrected chi connectivity index (χ1v) is 9.56. The number of hydrogen-bond acceptors (Lipinski definition) is 4. The van der Waals surface area contributed by atoms with Crippen LogP contribution in [0.25, 0.3) is 0 Å². The molecule has 0 saturated carbocycles. The molecule has 5 nitrogen and oxygen atoms in total. The standard InChI is InChI=1S/C16H27ClN4OS.HI/c1-2-18-16(19-8-11-21-9-4-3-5-10-21)20-12-13(22)14-6-7-15(17)23-14;/h6-7,13,22H,2-5,8-12H2,1H3,(H2,18,19,20);1H. The number of thiophene rings is 1. The van der Waals surface area contributed by atoms with Crippen molar-refractivity contribution in [1.82, 2.24) is 15.5 Å². The monoisotopic (exact) mass is 486 g/mol. The summed E-state index contributed by atoms with van der Waals surface area (Å²) in [7, 11) is 0. The minimum absolute atomic E-state index is 0. The van der Waals surface area contributed by atoms with Crippen molar-refractivity contribution in [3.8, 4) is 0 Å². The topological polar surface area (TPSA) is 59.9 Å². The van der Waals surface area contributed by atoms with Crippen molar-refractivity contribution in [3.63, 3.8) is 0 Å². The summed E-state index contributed by atoms with van der Waals surface area (Å²) in [5, 5.41) is 16.7. The number of aliphatic imine (C=N–C) groups is 1. The first-order valence-electron chi connectivity index (χ1n) is 8.37. The van der Waals surface area contributed by atoms with Crippen molar-refractivity contribution >= 4 is 52.9 Å². The van der Waals surface area contributed by atoms with E-state index in [1.54, 1.807) is 6.07 Å². The Balaban J connectivity index is 0.00000288. The van der Waals surface area contributed by atoms with Crippen LogP contribution in [0.2, 0.25) is 4.34 Å². The molecule has 1 aliphatic heterocycles. The molecule has 138 valence electrons. The van der Waals surface area contributed by atoms with Gasteiger partial charge in [0.25, 0.3) is 0 Å². The van der Waals surface area contributed by atoms with Crippen LogP contribution in [0.15, 0.2) is 17.1 Å². The zero-order valence-electron chi connectivity index (χ0n) is 14.1. The molecule has 1 fully saturated rings. The summed E-state index contributed by atoms with van der Waals surface area (Å²) in [4.78, 5) is 7.81. The predicted octanol–water partition coefficient (Wildman–Crippen LogP) is 3.09. The fourth-order valence-electron chi connectivity index (χ4n) is 2.63. The number of nitrogens with zero attached hydrogens (tertiary/aromatic N) is 2. The summed E-state index contributed by atoms with van der Waals surface area (Å²) in [6.45, 7) is 7.48. The lowest BCUT2D eigenvalue weighted by Crippen LogP contribution is -2.42. The maximum atomic E-state index is 10.2. The van der Waals surface area contributed by atoms with Crippen LogP contribution in [0.3, 0.4) is 0 Å². The molecule has 3 N–H and O–H groups in total. The van der Waals surface area contributed by atoms with Gasteiger partial charge in [-0.3, -0.25) is 4.99 Å². The van der Waals surface area contributed by atoms with Gasteiger partial charge in [-0.05, 0) is 45.0 Å². The molecular weight excluding hydrogens is 459 g/mol. The average Bonchev–Trinajstić information content (AvgIpc) is 3.00. The summed E-state index contributed by atoms with van der Waals surface area (Å²) in [5.74, 6) is 0.756. The molecule has 0 radical (unpaired) electrons. The van der Waals surface area contributed by atoms with Crippen LogP contribution < -0.4 is 10.6 Å². The van der Waals surface area contributed by atoms with Gasteiger partial charge in [-0.2, -0.15) is 0 Å². The van der Waals surface area contributed by atoms with Gasteiger partial charge in [-0.25, -0.2) is 0 Å². The van der Waals surface area contributed by atoms with Crippen LogP contribution in [-0.2, 0) is 0 Å². The Kier molecular flexibility index (Phi) is 11.2. The lowest BCUT2D eigenvalue weighted by molar-refractivity contribution is 0.191. The van der Waals surface area contributed by atoms with E-state index in [1.165, 1.54) is 43.7 Å². The highest BCUT2D eigenvalue weighted by Gasteiger charge is 2.11. The fourth-order valence-corrected chi connectivity index (χ4v) is 3.67. The van der Waals surface area contributed by atoms with Crippen molar-refractivity contribution in [2.45, 2.75) is 32.3 Å². The number of hydrogen-bond donors (Lipinski definition) is 3. The summed E-state index contributed by atoms with van der Waals surface area (Å²) in [6.07, 6.45) is 3.37. The van der Waals surface area contributed by atoms with Crippen molar-refractivity contribution in [2.24, 2.45) is 4.99 Å². The van der Waals surface area contributed by atoms with Gasteiger partial charge in [0, 0.05) is 24.5 Å². The quantitative estimate of drug-likeness (QED) is 0.315. The Bertz CT molecular complexity index is 494.